The Hall–Kier alpha value is -3.42. The quantitative estimate of drug-likeness (QED) is 0.281. The first-order valence-corrected chi connectivity index (χ1v) is 13.0. The molecule has 1 saturated heterocycles. The Kier molecular flexibility index (Phi) is 7.45. The van der Waals surface area contributed by atoms with Gasteiger partial charge >= 0.3 is 6.09 Å². The molecule has 1 fully saturated rings. The molecule has 2 aromatic rings. The third-order valence-electron chi connectivity index (χ3n) is 7.38. The van der Waals surface area contributed by atoms with E-state index in [1.807, 2.05) is 62.3 Å². The van der Waals surface area contributed by atoms with Crippen LogP contribution in [0.5, 0.6) is 11.5 Å². The third kappa shape index (κ3) is 5.54. The minimum Gasteiger partial charge on any atom is -0.507 e. The Morgan fingerprint density at radius 3 is 1.89 bits per heavy atom. The van der Waals surface area contributed by atoms with Crippen molar-refractivity contribution < 1.29 is 24.5 Å². The highest BCUT2D eigenvalue weighted by molar-refractivity contribution is 6.01. The van der Waals surface area contributed by atoms with Crippen molar-refractivity contribution in [2.24, 2.45) is 5.41 Å². The number of carboxylic acid groups (broad SMARTS) is 1. The maximum atomic E-state index is 14.2. The van der Waals surface area contributed by atoms with Gasteiger partial charge in [-0.15, -0.1) is 0 Å². The van der Waals surface area contributed by atoms with E-state index in [1.165, 1.54) is 4.90 Å². The van der Waals surface area contributed by atoms with E-state index in [-0.39, 0.29) is 29.5 Å². The number of nitrogens with zero attached hydrogens (tertiary/aromatic N) is 1. The number of aromatic hydroxyl groups is 1. The maximum absolute atomic E-state index is 14.2. The summed E-state index contributed by atoms with van der Waals surface area (Å²) < 4.78 is 6.13. The molecular formula is C30H43N3O5. The summed E-state index contributed by atoms with van der Waals surface area (Å²) in [6, 6.07) is 10.5. The lowest BCUT2D eigenvalue weighted by atomic mass is 9.70. The molecule has 1 heterocycles. The van der Waals surface area contributed by atoms with Crippen LogP contribution in [0.4, 0.5) is 16.2 Å². The van der Waals surface area contributed by atoms with Gasteiger partial charge in [0.15, 0.2) is 0 Å². The van der Waals surface area contributed by atoms with Crippen LogP contribution in [0.1, 0.15) is 79.9 Å². The minimum atomic E-state index is -1.40. The molecule has 208 valence electrons. The van der Waals surface area contributed by atoms with Crippen LogP contribution in [-0.2, 0) is 15.6 Å². The molecule has 2 atom stereocenters. The van der Waals surface area contributed by atoms with Crippen LogP contribution in [0, 0.1) is 5.41 Å². The van der Waals surface area contributed by atoms with Crippen LogP contribution in [0.15, 0.2) is 36.4 Å². The van der Waals surface area contributed by atoms with Gasteiger partial charge in [-0.05, 0) is 52.6 Å². The molecule has 0 spiro atoms. The molecule has 0 unspecified atom stereocenters. The zero-order valence-electron chi connectivity index (χ0n) is 24.1. The van der Waals surface area contributed by atoms with E-state index >= 15 is 0 Å². The Morgan fingerprint density at radius 2 is 1.47 bits per heavy atom. The highest BCUT2D eigenvalue weighted by Gasteiger charge is 2.61. The van der Waals surface area contributed by atoms with Crippen LogP contribution in [0.25, 0.3) is 0 Å². The Morgan fingerprint density at radius 1 is 0.974 bits per heavy atom. The SMILES string of the molecule is CC(C)(C)c1cc(NC(=O)[C@]2(C(C)(C)C)C[C@H](Oc3ccc(N)cc3)CN2C(=O)O)cc(C(C)(C)C)c1O. The van der Waals surface area contributed by atoms with E-state index in [2.05, 4.69) is 5.32 Å². The average Bonchev–Trinajstić information content (AvgIpc) is 3.16. The van der Waals surface area contributed by atoms with Crippen molar-refractivity contribution in [1.29, 1.82) is 0 Å². The van der Waals surface area contributed by atoms with E-state index in [9.17, 15) is 19.8 Å². The number of rotatable bonds is 4. The van der Waals surface area contributed by atoms with Crippen LogP contribution in [0.3, 0.4) is 0 Å². The number of amides is 2. The molecule has 0 aromatic heterocycles. The lowest BCUT2D eigenvalue weighted by molar-refractivity contribution is -0.132. The normalized spacial score (nSPS) is 20.3. The Balaban J connectivity index is 2.06. The summed E-state index contributed by atoms with van der Waals surface area (Å²) in [5, 5.41) is 24.4. The number of likely N-dealkylation sites (tertiary alicyclic amines) is 1. The van der Waals surface area contributed by atoms with Crippen LogP contribution in [-0.4, -0.2) is 45.3 Å². The van der Waals surface area contributed by atoms with Crippen molar-refractivity contribution in [3.63, 3.8) is 0 Å². The number of nitrogen functional groups attached to an aromatic ring is 1. The zero-order valence-corrected chi connectivity index (χ0v) is 24.1. The molecule has 0 saturated carbocycles. The van der Waals surface area contributed by atoms with Gasteiger partial charge in [-0.2, -0.15) is 0 Å². The molecule has 1 aliphatic rings. The molecule has 0 radical (unpaired) electrons. The van der Waals surface area contributed by atoms with Crippen molar-refractivity contribution in [1.82, 2.24) is 4.90 Å². The number of phenolic OH excluding ortho intramolecular Hbond substituents is 1. The molecule has 3 rings (SSSR count). The van der Waals surface area contributed by atoms with Crippen molar-refractivity contribution in [2.45, 2.75) is 91.2 Å². The summed E-state index contributed by atoms with van der Waals surface area (Å²) >= 11 is 0. The number of benzene rings is 2. The largest absolute Gasteiger partial charge is 0.507 e. The minimum absolute atomic E-state index is 0.0421. The fraction of sp³-hybridized carbons (Fsp3) is 0.533. The number of anilines is 2. The highest BCUT2D eigenvalue weighted by atomic mass is 16.5. The van der Waals surface area contributed by atoms with Crippen molar-refractivity contribution >= 4 is 23.4 Å². The predicted molar refractivity (Wildman–Crippen MR) is 151 cm³/mol. The summed E-state index contributed by atoms with van der Waals surface area (Å²) in [5.74, 6) is 0.336. The summed E-state index contributed by atoms with van der Waals surface area (Å²) in [6.07, 6.45) is -1.54. The number of hydrogen-bond donors (Lipinski definition) is 4. The highest BCUT2D eigenvalue weighted by Crippen LogP contribution is 2.47. The van der Waals surface area contributed by atoms with E-state index < -0.39 is 29.1 Å². The number of phenols is 1. The summed E-state index contributed by atoms with van der Waals surface area (Å²) in [6.45, 7) is 17.6. The molecule has 0 bridgehead atoms. The van der Waals surface area contributed by atoms with Crippen molar-refractivity contribution in [3.8, 4) is 11.5 Å². The van der Waals surface area contributed by atoms with Gasteiger partial charge in [0, 0.05) is 28.9 Å². The summed E-state index contributed by atoms with van der Waals surface area (Å²) in [5.41, 5.74) is 5.37. The summed E-state index contributed by atoms with van der Waals surface area (Å²) in [7, 11) is 0. The molecule has 0 aliphatic carbocycles. The van der Waals surface area contributed by atoms with Crippen molar-refractivity contribution in [2.75, 3.05) is 17.6 Å². The van der Waals surface area contributed by atoms with E-state index in [1.54, 1.807) is 36.4 Å². The second-order valence-corrected chi connectivity index (χ2v) is 13.4. The van der Waals surface area contributed by atoms with Gasteiger partial charge in [0.1, 0.15) is 23.1 Å². The number of carbonyl (C=O) groups excluding carboxylic acids is 1. The van der Waals surface area contributed by atoms with Crippen molar-refractivity contribution in [3.05, 3.63) is 47.5 Å². The molecule has 2 amide bonds. The monoisotopic (exact) mass is 525 g/mol. The van der Waals surface area contributed by atoms with Gasteiger partial charge in [-0.25, -0.2) is 4.79 Å². The number of nitrogens with two attached hydrogens (primary N) is 1. The van der Waals surface area contributed by atoms with E-state index in [4.69, 9.17) is 10.5 Å². The average molecular weight is 526 g/mol. The molecule has 2 aromatic carbocycles. The maximum Gasteiger partial charge on any atom is 0.408 e. The van der Waals surface area contributed by atoms with Crippen LogP contribution >= 0.6 is 0 Å². The summed E-state index contributed by atoms with van der Waals surface area (Å²) in [4.78, 5) is 27.9. The van der Waals surface area contributed by atoms with Crippen LogP contribution in [0.2, 0.25) is 0 Å². The Bertz CT molecular complexity index is 1170. The zero-order chi connectivity index (χ0) is 28.8. The molecule has 8 nitrogen and oxygen atoms in total. The lowest BCUT2D eigenvalue weighted by Gasteiger charge is -2.45. The van der Waals surface area contributed by atoms with Gasteiger partial charge in [0.2, 0.25) is 0 Å². The first-order valence-electron chi connectivity index (χ1n) is 13.0. The number of carbonyl (C=O) groups is 2. The van der Waals surface area contributed by atoms with Gasteiger partial charge < -0.3 is 26.0 Å². The third-order valence-corrected chi connectivity index (χ3v) is 7.38. The fourth-order valence-corrected chi connectivity index (χ4v) is 5.27. The Labute approximate surface area is 226 Å². The van der Waals surface area contributed by atoms with Gasteiger partial charge in [-0.1, -0.05) is 62.3 Å². The number of hydrogen-bond acceptors (Lipinski definition) is 5. The standard InChI is InChI=1S/C30H43N3O5/c1-27(2,3)22-14-19(15-23(24(22)34)28(4,5)6)32-25(35)30(29(7,8)9)16-21(17-33(30)26(36)37)38-20-12-10-18(31)11-13-20/h10-15,21,34H,16-17,31H2,1-9H3,(H,32,35)(H,36,37)/t21-,30-/m0/s1. The smallest absolute Gasteiger partial charge is 0.408 e. The van der Waals surface area contributed by atoms with E-state index in [0.717, 1.165) is 0 Å². The second kappa shape index (κ2) is 9.71. The van der Waals surface area contributed by atoms with Gasteiger partial charge in [-0.3, -0.25) is 9.69 Å². The predicted octanol–water partition coefficient (Wildman–Crippen LogP) is 6.12. The second-order valence-electron chi connectivity index (χ2n) is 13.4. The van der Waals surface area contributed by atoms with Gasteiger partial charge in [0.25, 0.3) is 5.91 Å². The molecule has 5 N–H and O–H groups in total. The molecule has 1 aliphatic heterocycles. The number of ether oxygens (including phenoxy) is 1. The first-order chi connectivity index (χ1) is 17.3. The molecule has 8 heteroatoms. The lowest BCUT2D eigenvalue weighted by Crippen LogP contribution is -2.62. The molecular weight excluding hydrogens is 482 g/mol. The number of nitrogens with one attached hydrogen (secondary N) is 1. The van der Waals surface area contributed by atoms with Gasteiger partial charge in [0.05, 0.1) is 6.54 Å². The first kappa shape index (κ1) is 29.1. The topological polar surface area (TPSA) is 125 Å². The fourth-order valence-electron chi connectivity index (χ4n) is 5.27. The van der Waals surface area contributed by atoms with E-state index in [0.29, 0.717) is 28.3 Å². The van der Waals surface area contributed by atoms with Crippen LogP contribution < -0.4 is 15.8 Å². The molecule has 38 heavy (non-hydrogen) atoms.